The van der Waals surface area contributed by atoms with E-state index in [1.807, 2.05) is 0 Å². The van der Waals surface area contributed by atoms with E-state index in [4.69, 9.17) is 14.2 Å². The molecule has 6 nitrogen and oxygen atoms in total. The Morgan fingerprint density at radius 1 is 0.308 bits per heavy atom. The van der Waals surface area contributed by atoms with E-state index in [-0.39, 0.29) is 44.0 Å². The first-order chi connectivity index (χ1) is 32.0. The van der Waals surface area contributed by atoms with Gasteiger partial charge >= 0.3 is 17.9 Å². The standard InChI is InChI=1S/C59H96O6/c1-4-7-10-13-16-19-22-25-27-29-31-34-37-40-43-46-49-52-58(61)64-55-56(54-63-57(60)51-48-45-42-39-36-33-24-21-18-15-12-9-6-3)65-59(62)53-50-47-44-41-38-35-32-30-28-26-23-20-17-14-11-8-5-2/h16-17,19-21,24-28,31-32,34-35,40-41,43-44,56H,4-15,18,22-23,29-30,33,36-39,42,45-55H2,1-3H3/t56-/m1/s1. The molecular formula is C59H96O6. The van der Waals surface area contributed by atoms with Crippen LogP contribution in [0.2, 0.25) is 0 Å². The molecule has 0 unspecified atom stereocenters. The van der Waals surface area contributed by atoms with Crippen LogP contribution in [0.5, 0.6) is 0 Å². The summed E-state index contributed by atoms with van der Waals surface area (Å²) in [4.78, 5) is 38.0. The van der Waals surface area contributed by atoms with Crippen molar-refractivity contribution < 1.29 is 28.6 Å². The van der Waals surface area contributed by atoms with E-state index >= 15 is 0 Å². The van der Waals surface area contributed by atoms with Gasteiger partial charge in [-0.3, -0.25) is 14.4 Å². The zero-order valence-electron chi connectivity index (χ0n) is 42.0. The SMILES string of the molecule is CCCCCC=CCC=CCC=CCC=CCCCC(=O)OC[C@@H](COC(=O)CCCCCCCC=CCCCCCC)OC(=O)CCCC=CCC=CCC=CCC=CCCCCC. The van der Waals surface area contributed by atoms with Crippen molar-refractivity contribution in [2.75, 3.05) is 13.2 Å². The van der Waals surface area contributed by atoms with Crippen LogP contribution in [0, 0.1) is 0 Å². The summed E-state index contributed by atoms with van der Waals surface area (Å²) in [6, 6.07) is 0. The number of carbonyl (C=O) groups is 3. The average Bonchev–Trinajstić information content (AvgIpc) is 3.30. The van der Waals surface area contributed by atoms with Gasteiger partial charge in [0.2, 0.25) is 0 Å². The summed E-state index contributed by atoms with van der Waals surface area (Å²) in [5.41, 5.74) is 0. The lowest BCUT2D eigenvalue weighted by molar-refractivity contribution is -0.167. The molecule has 65 heavy (non-hydrogen) atoms. The van der Waals surface area contributed by atoms with Crippen molar-refractivity contribution in [1.29, 1.82) is 0 Å². The molecule has 0 radical (unpaired) electrons. The van der Waals surface area contributed by atoms with Gasteiger partial charge in [0, 0.05) is 19.3 Å². The van der Waals surface area contributed by atoms with Gasteiger partial charge in [-0.2, -0.15) is 0 Å². The summed E-state index contributed by atoms with van der Waals surface area (Å²) in [6.45, 7) is 6.45. The molecule has 0 saturated carbocycles. The Morgan fingerprint density at radius 3 is 0.969 bits per heavy atom. The molecule has 0 aliphatic heterocycles. The van der Waals surface area contributed by atoms with Crippen molar-refractivity contribution in [3.63, 3.8) is 0 Å². The molecular weight excluding hydrogens is 805 g/mol. The van der Waals surface area contributed by atoms with Crippen LogP contribution >= 0.6 is 0 Å². The maximum atomic E-state index is 12.8. The second kappa shape index (κ2) is 52.7. The molecule has 0 heterocycles. The van der Waals surface area contributed by atoms with E-state index < -0.39 is 6.10 Å². The fraction of sp³-hybridized carbons (Fsp3) is 0.644. The van der Waals surface area contributed by atoms with E-state index in [9.17, 15) is 14.4 Å². The van der Waals surface area contributed by atoms with Crippen molar-refractivity contribution in [2.45, 2.75) is 232 Å². The molecule has 0 fully saturated rings. The maximum absolute atomic E-state index is 12.8. The Labute approximate surface area is 400 Å². The fourth-order valence-electron chi connectivity index (χ4n) is 6.71. The Kier molecular flexibility index (Phi) is 49.5. The molecule has 0 aliphatic carbocycles. The topological polar surface area (TPSA) is 78.9 Å². The van der Waals surface area contributed by atoms with Crippen LogP contribution in [-0.2, 0) is 28.6 Å². The molecule has 368 valence electrons. The van der Waals surface area contributed by atoms with Gasteiger partial charge in [-0.05, 0) is 122 Å². The summed E-state index contributed by atoms with van der Waals surface area (Å²) in [5, 5.41) is 0. The third kappa shape index (κ3) is 50.9. The molecule has 0 N–H and O–H groups in total. The predicted molar refractivity (Wildman–Crippen MR) is 279 cm³/mol. The van der Waals surface area contributed by atoms with Gasteiger partial charge in [-0.15, -0.1) is 0 Å². The molecule has 0 aromatic carbocycles. The van der Waals surface area contributed by atoms with Gasteiger partial charge < -0.3 is 14.2 Å². The van der Waals surface area contributed by atoms with Crippen LogP contribution in [0.1, 0.15) is 226 Å². The van der Waals surface area contributed by atoms with Gasteiger partial charge in [-0.25, -0.2) is 0 Å². The quantitative estimate of drug-likeness (QED) is 0.0262. The number of rotatable bonds is 46. The maximum Gasteiger partial charge on any atom is 0.306 e. The zero-order valence-corrected chi connectivity index (χ0v) is 42.0. The minimum Gasteiger partial charge on any atom is -0.462 e. The van der Waals surface area contributed by atoms with Crippen molar-refractivity contribution >= 4 is 17.9 Å². The summed E-state index contributed by atoms with van der Waals surface area (Å²) in [5.74, 6) is -1.05. The molecule has 6 heteroatoms. The summed E-state index contributed by atoms with van der Waals surface area (Å²) < 4.78 is 16.7. The Morgan fingerprint density at radius 2 is 0.569 bits per heavy atom. The molecule has 0 saturated heterocycles. The van der Waals surface area contributed by atoms with Gasteiger partial charge in [0.1, 0.15) is 13.2 Å². The lowest BCUT2D eigenvalue weighted by Gasteiger charge is -2.18. The second-order valence-electron chi connectivity index (χ2n) is 17.1. The highest BCUT2D eigenvalue weighted by Gasteiger charge is 2.19. The zero-order chi connectivity index (χ0) is 47.2. The van der Waals surface area contributed by atoms with Crippen LogP contribution < -0.4 is 0 Å². The second-order valence-corrected chi connectivity index (χ2v) is 17.1. The molecule has 1 atom stereocenters. The number of esters is 3. The largest absolute Gasteiger partial charge is 0.462 e. The summed E-state index contributed by atoms with van der Waals surface area (Å²) >= 11 is 0. The lowest BCUT2D eigenvalue weighted by Crippen LogP contribution is -2.30. The predicted octanol–water partition coefficient (Wildman–Crippen LogP) is 17.5. The Hall–Kier alpha value is -3.93. The number of ether oxygens (including phenoxy) is 3. The average molecular weight is 901 g/mol. The molecule has 0 spiro atoms. The first-order valence-electron chi connectivity index (χ1n) is 26.4. The van der Waals surface area contributed by atoms with E-state index in [0.717, 1.165) is 83.5 Å². The Bertz CT molecular complexity index is 1360. The van der Waals surface area contributed by atoms with Gasteiger partial charge in [0.15, 0.2) is 6.10 Å². The van der Waals surface area contributed by atoms with Crippen LogP contribution in [0.25, 0.3) is 0 Å². The van der Waals surface area contributed by atoms with Crippen molar-refractivity contribution in [2.24, 2.45) is 0 Å². The van der Waals surface area contributed by atoms with Crippen LogP contribution in [0.3, 0.4) is 0 Å². The molecule has 0 amide bonds. The highest BCUT2D eigenvalue weighted by atomic mass is 16.6. The number of hydrogen-bond acceptors (Lipinski definition) is 6. The van der Waals surface area contributed by atoms with Crippen molar-refractivity contribution in [3.05, 3.63) is 109 Å². The van der Waals surface area contributed by atoms with E-state index in [1.165, 1.54) is 89.9 Å². The van der Waals surface area contributed by atoms with Crippen LogP contribution in [0.15, 0.2) is 109 Å². The van der Waals surface area contributed by atoms with Crippen LogP contribution in [0.4, 0.5) is 0 Å². The monoisotopic (exact) mass is 901 g/mol. The third-order valence-corrected chi connectivity index (χ3v) is 10.7. The van der Waals surface area contributed by atoms with E-state index in [1.54, 1.807) is 0 Å². The lowest BCUT2D eigenvalue weighted by atomic mass is 10.1. The van der Waals surface area contributed by atoms with Crippen molar-refractivity contribution in [1.82, 2.24) is 0 Å². The minimum absolute atomic E-state index is 0.123. The van der Waals surface area contributed by atoms with E-state index in [0.29, 0.717) is 19.3 Å². The fourth-order valence-corrected chi connectivity index (χ4v) is 6.71. The van der Waals surface area contributed by atoms with Gasteiger partial charge in [0.05, 0.1) is 0 Å². The highest BCUT2D eigenvalue weighted by Crippen LogP contribution is 2.11. The van der Waals surface area contributed by atoms with Gasteiger partial charge in [-0.1, -0.05) is 194 Å². The molecule has 0 aliphatic rings. The summed E-state index contributed by atoms with van der Waals surface area (Å²) in [6.07, 6.45) is 70.8. The highest BCUT2D eigenvalue weighted by molar-refractivity contribution is 5.71. The van der Waals surface area contributed by atoms with Crippen LogP contribution in [-0.4, -0.2) is 37.2 Å². The van der Waals surface area contributed by atoms with Gasteiger partial charge in [0.25, 0.3) is 0 Å². The minimum atomic E-state index is -0.833. The number of hydrogen-bond donors (Lipinski definition) is 0. The normalized spacial score (nSPS) is 13.0. The number of unbranched alkanes of at least 4 members (excludes halogenated alkanes) is 17. The molecule has 0 aromatic heterocycles. The third-order valence-electron chi connectivity index (χ3n) is 10.7. The molecule has 0 bridgehead atoms. The Balaban J connectivity index is 4.59. The first-order valence-corrected chi connectivity index (χ1v) is 26.4. The molecule has 0 aromatic rings. The van der Waals surface area contributed by atoms with E-state index in [2.05, 4.69) is 130 Å². The summed E-state index contributed by atoms with van der Waals surface area (Å²) in [7, 11) is 0. The smallest absolute Gasteiger partial charge is 0.306 e. The number of carbonyl (C=O) groups excluding carboxylic acids is 3. The van der Waals surface area contributed by atoms with Crippen molar-refractivity contribution in [3.8, 4) is 0 Å². The molecule has 0 rings (SSSR count). The number of allylic oxidation sites excluding steroid dienone is 18. The first kappa shape index (κ1) is 61.1.